The molecule has 3 aliphatic carbocycles. The molecule has 3 aromatic rings. The summed E-state index contributed by atoms with van der Waals surface area (Å²) in [6.07, 6.45) is 0.861. The van der Waals surface area contributed by atoms with Gasteiger partial charge in [-0.2, -0.15) is 0 Å². The molecule has 168 valence electrons. The second-order valence-electron chi connectivity index (χ2n) is 9.34. The molecule has 6 nitrogen and oxygen atoms in total. The van der Waals surface area contributed by atoms with Crippen molar-refractivity contribution >= 4 is 29.8 Å². The van der Waals surface area contributed by atoms with Crippen LogP contribution in [0.3, 0.4) is 0 Å². The maximum atomic E-state index is 14.0. The molecule has 2 atom stereocenters. The molecule has 2 amide bonds. The molecule has 1 heterocycles. The summed E-state index contributed by atoms with van der Waals surface area (Å²) in [6, 6.07) is 21.6. The Morgan fingerprint density at radius 2 is 1.32 bits per heavy atom. The van der Waals surface area contributed by atoms with E-state index in [0.29, 0.717) is 11.4 Å². The van der Waals surface area contributed by atoms with Gasteiger partial charge < -0.3 is 9.53 Å². The number of carbonyl (C=O) groups is 4. The van der Waals surface area contributed by atoms with Crippen molar-refractivity contribution in [2.45, 2.75) is 24.7 Å². The summed E-state index contributed by atoms with van der Waals surface area (Å²) in [5.41, 5.74) is 1.79. The Morgan fingerprint density at radius 1 is 0.824 bits per heavy atom. The van der Waals surface area contributed by atoms with Crippen LogP contribution in [0.5, 0.6) is 5.75 Å². The molecular formula is C28H21NO5. The van der Waals surface area contributed by atoms with Gasteiger partial charge in [-0.1, -0.05) is 55.5 Å². The molecule has 7 rings (SSSR count). The number of ether oxygens (including phenoxy) is 1. The van der Waals surface area contributed by atoms with Gasteiger partial charge in [0, 0.05) is 12.3 Å². The van der Waals surface area contributed by atoms with Gasteiger partial charge >= 0.3 is 5.97 Å². The van der Waals surface area contributed by atoms with Crippen LogP contribution in [0.15, 0.2) is 72.8 Å². The molecular weight excluding hydrogens is 430 g/mol. The predicted molar refractivity (Wildman–Crippen MR) is 123 cm³/mol. The third-order valence-electron chi connectivity index (χ3n) is 7.83. The van der Waals surface area contributed by atoms with Crippen LogP contribution in [0.1, 0.15) is 36.1 Å². The Kier molecular flexibility index (Phi) is 4.07. The first-order chi connectivity index (χ1) is 16.4. The largest absolute Gasteiger partial charge is 0.427 e. The predicted octanol–water partition coefficient (Wildman–Crippen LogP) is 3.54. The number of hydrogen-bond donors (Lipinski definition) is 0. The molecule has 0 unspecified atom stereocenters. The first-order valence-corrected chi connectivity index (χ1v) is 11.2. The minimum absolute atomic E-state index is 0.323. The van der Waals surface area contributed by atoms with E-state index < -0.39 is 34.5 Å². The van der Waals surface area contributed by atoms with E-state index in [1.165, 1.54) is 11.8 Å². The highest BCUT2D eigenvalue weighted by atomic mass is 16.5. The monoisotopic (exact) mass is 451 g/mol. The van der Waals surface area contributed by atoms with Gasteiger partial charge in [0.05, 0.1) is 22.9 Å². The van der Waals surface area contributed by atoms with Crippen LogP contribution in [-0.2, 0) is 30.0 Å². The molecule has 1 aliphatic heterocycles. The maximum absolute atomic E-state index is 14.0. The van der Waals surface area contributed by atoms with E-state index in [-0.39, 0.29) is 5.91 Å². The zero-order valence-corrected chi connectivity index (χ0v) is 18.6. The first kappa shape index (κ1) is 20.5. The Labute approximate surface area is 196 Å². The number of rotatable bonds is 3. The Hall–Kier alpha value is -4.06. The summed E-state index contributed by atoms with van der Waals surface area (Å²) >= 11 is 0. The number of carbonyl (C=O) groups excluding carboxylic acids is 4. The van der Waals surface area contributed by atoms with Crippen molar-refractivity contribution in [2.24, 2.45) is 11.8 Å². The number of hydrogen-bond acceptors (Lipinski definition) is 5. The number of esters is 1. The molecule has 6 heteroatoms. The van der Waals surface area contributed by atoms with Crippen molar-refractivity contribution in [1.82, 2.24) is 0 Å². The van der Waals surface area contributed by atoms with Gasteiger partial charge in [-0.15, -0.1) is 0 Å². The second kappa shape index (κ2) is 6.73. The minimum Gasteiger partial charge on any atom is -0.427 e. The van der Waals surface area contributed by atoms with Crippen molar-refractivity contribution in [3.8, 4) is 5.75 Å². The molecule has 3 aromatic carbocycles. The fraction of sp³-hybridized carbons (Fsp3) is 0.214. The molecule has 0 spiro atoms. The molecule has 2 bridgehead atoms. The third-order valence-corrected chi connectivity index (χ3v) is 7.83. The zero-order chi connectivity index (χ0) is 23.8. The Bertz CT molecular complexity index is 1360. The molecule has 0 N–H and O–H groups in total. The topological polar surface area (TPSA) is 80.8 Å². The summed E-state index contributed by atoms with van der Waals surface area (Å²) in [7, 11) is 0. The highest BCUT2D eigenvalue weighted by Gasteiger charge is 2.72. The fourth-order valence-electron chi connectivity index (χ4n) is 6.55. The van der Waals surface area contributed by atoms with Crippen molar-refractivity contribution in [2.75, 3.05) is 4.90 Å². The molecule has 1 saturated heterocycles. The lowest BCUT2D eigenvalue weighted by molar-refractivity contribution is -0.132. The summed E-state index contributed by atoms with van der Waals surface area (Å²) < 4.78 is 5.08. The van der Waals surface area contributed by atoms with Crippen LogP contribution >= 0.6 is 0 Å². The standard InChI is InChI=1S/C28H21NO5/c1-16(31)34-18-13-11-17(12-14-18)29-25(32)23-24(26(29)33)28(15-30)21-9-5-3-7-19(21)27(23,2)20-8-4-6-10-22(20)28/h3-15,23-24H,1-2H3/t23-,24+,27?,28?/m1/s1. The van der Waals surface area contributed by atoms with Crippen LogP contribution in [-0.4, -0.2) is 24.1 Å². The van der Waals surface area contributed by atoms with Crippen LogP contribution in [0.2, 0.25) is 0 Å². The van der Waals surface area contributed by atoms with E-state index in [4.69, 9.17) is 4.74 Å². The quantitative estimate of drug-likeness (QED) is 0.263. The number of imide groups is 1. The maximum Gasteiger partial charge on any atom is 0.308 e. The van der Waals surface area contributed by atoms with E-state index in [0.717, 1.165) is 28.5 Å². The average molecular weight is 451 g/mol. The minimum atomic E-state index is -1.24. The van der Waals surface area contributed by atoms with Crippen molar-refractivity contribution in [3.63, 3.8) is 0 Å². The van der Waals surface area contributed by atoms with Crippen molar-refractivity contribution < 1.29 is 23.9 Å². The SMILES string of the molecule is CC(=O)Oc1ccc(N2C(=O)[C@@H]3[C@H](C2=O)C2(C)c4ccccc4C3(C=O)c3ccccc32)cc1. The third kappa shape index (κ3) is 2.25. The van der Waals surface area contributed by atoms with Gasteiger partial charge in [0.15, 0.2) is 0 Å². The van der Waals surface area contributed by atoms with Gasteiger partial charge in [0.25, 0.3) is 0 Å². The Balaban J connectivity index is 1.57. The summed E-state index contributed by atoms with van der Waals surface area (Å²) in [4.78, 5) is 53.5. The highest BCUT2D eigenvalue weighted by Crippen LogP contribution is 2.66. The smallest absolute Gasteiger partial charge is 0.308 e. The average Bonchev–Trinajstić information content (AvgIpc) is 3.12. The fourth-order valence-corrected chi connectivity index (χ4v) is 6.55. The zero-order valence-electron chi connectivity index (χ0n) is 18.6. The van der Waals surface area contributed by atoms with Gasteiger partial charge in [0.2, 0.25) is 11.8 Å². The van der Waals surface area contributed by atoms with Gasteiger partial charge in [-0.25, -0.2) is 4.90 Å². The van der Waals surface area contributed by atoms with Crippen LogP contribution in [0.4, 0.5) is 5.69 Å². The van der Waals surface area contributed by atoms with Gasteiger partial charge in [-0.05, 0) is 46.5 Å². The number of anilines is 1. The number of aldehydes is 1. The lowest BCUT2D eigenvalue weighted by Gasteiger charge is -2.56. The van der Waals surface area contributed by atoms with Crippen LogP contribution in [0, 0.1) is 11.8 Å². The summed E-state index contributed by atoms with van der Waals surface area (Å²) in [5, 5.41) is 0. The van der Waals surface area contributed by atoms with Gasteiger partial charge in [0.1, 0.15) is 12.0 Å². The highest BCUT2D eigenvalue weighted by molar-refractivity contribution is 6.25. The summed E-state index contributed by atoms with van der Waals surface area (Å²) in [6.45, 7) is 3.31. The summed E-state index contributed by atoms with van der Waals surface area (Å²) in [5.74, 6) is -2.42. The van der Waals surface area contributed by atoms with E-state index in [1.54, 1.807) is 24.3 Å². The second-order valence-corrected chi connectivity index (χ2v) is 9.34. The van der Waals surface area contributed by atoms with Crippen molar-refractivity contribution in [1.29, 1.82) is 0 Å². The van der Waals surface area contributed by atoms with E-state index in [9.17, 15) is 19.2 Å². The number of benzene rings is 3. The number of nitrogens with zero attached hydrogens (tertiary/aromatic N) is 1. The first-order valence-electron chi connectivity index (χ1n) is 11.2. The van der Waals surface area contributed by atoms with E-state index in [2.05, 4.69) is 0 Å². The molecule has 4 aliphatic rings. The van der Waals surface area contributed by atoms with Gasteiger partial charge in [-0.3, -0.25) is 14.4 Å². The number of amides is 2. The lowest BCUT2D eigenvalue weighted by atomic mass is 9.42. The Morgan fingerprint density at radius 3 is 1.82 bits per heavy atom. The molecule has 0 saturated carbocycles. The normalized spacial score (nSPS) is 28.2. The van der Waals surface area contributed by atoms with Crippen LogP contribution < -0.4 is 9.64 Å². The molecule has 34 heavy (non-hydrogen) atoms. The molecule has 0 radical (unpaired) electrons. The van der Waals surface area contributed by atoms with Crippen molar-refractivity contribution in [3.05, 3.63) is 95.1 Å². The van der Waals surface area contributed by atoms with E-state index >= 15 is 0 Å². The van der Waals surface area contributed by atoms with E-state index in [1.807, 2.05) is 55.5 Å². The lowest BCUT2D eigenvalue weighted by Crippen LogP contribution is -2.61. The van der Waals surface area contributed by atoms with Crippen LogP contribution in [0.25, 0.3) is 0 Å². The molecule has 1 fully saturated rings. The molecule has 0 aromatic heterocycles.